The maximum atomic E-state index is 9.91. The number of carbonyl (C=O) groups is 1. The Labute approximate surface area is 61.6 Å². The first-order chi connectivity index (χ1) is 4.77. The van der Waals surface area contributed by atoms with Gasteiger partial charge < -0.3 is 4.79 Å². The van der Waals surface area contributed by atoms with E-state index in [0.717, 1.165) is 19.1 Å². The SMILES string of the molecule is O=CCCCCC=S(=O)=O. The molecule has 0 aliphatic carbocycles. The van der Waals surface area contributed by atoms with Crippen molar-refractivity contribution < 1.29 is 13.2 Å². The van der Waals surface area contributed by atoms with Gasteiger partial charge in [0.15, 0.2) is 0 Å². The minimum absolute atomic E-state index is 0.527. The molecular formula is C6H10O3S. The molecule has 0 spiro atoms. The minimum Gasteiger partial charge on any atom is -0.303 e. The molecule has 4 heteroatoms. The number of hydrogen-bond donors (Lipinski definition) is 0. The molecule has 58 valence electrons. The Morgan fingerprint density at radius 2 is 1.70 bits per heavy atom. The summed E-state index contributed by atoms with van der Waals surface area (Å²) in [5.41, 5.74) is 0. The molecule has 0 aromatic heterocycles. The summed E-state index contributed by atoms with van der Waals surface area (Å²) in [5, 5.41) is 1.21. The molecular weight excluding hydrogens is 152 g/mol. The van der Waals surface area contributed by atoms with Crippen LogP contribution in [0.15, 0.2) is 0 Å². The fraction of sp³-hybridized carbons (Fsp3) is 0.667. The lowest BCUT2D eigenvalue weighted by Crippen LogP contribution is -1.80. The quantitative estimate of drug-likeness (QED) is 0.334. The maximum Gasteiger partial charge on any atom is 0.209 e. The molecule has 0 radical (unpaired) electrons. The highest BCUT2D eigenvalue weighted by atomic mass is 32.2. The fourth-order valence-corrected chi connectivity index (χ4v) is 0.911. The van der Waals surface area contributed by atoms with Crippen molar-refractivity contribution in [3.63, 3.8) is 0 Å². The Balaban J connectivity index is 3.21. The van der Waals surface area contributed by atoms with E-state index in [1.54, 1.807) is 0 Å². The second-order valence-electron chi connectivity index (χ2n) is 1.88. The van der Waals surface area contributed by atoms with Crippen LogP contribution in [0.1, 0.15) is 25.7 Å². The smallest absolute Gasteiger partial charge is 0.209 e. The van der Waals surface area contributed by atoms with Gasteiger partial charge in [0.05, 0.1) is 0 Å². The van der Waals surface area contributed by atoms with Crippen LogP contribution < -0.4 is 0 Å². The molecule has 0 aliphatic heterocycles. The van der Waals surface area contributed by atoms with Gasteiger partial charge in [-0.3, -0.25) is 0 Å². The summed E-state index contributed by atoms with van der Waals surface area (Å²) >= 11 is 0. The topological polar surface area (TPSA) is 51.2 Å². The molecule has 10 heavy (non-hydrogen) atoms. The molecule has 0 unspecified atom stereocenters. The van der Waals surface area contributed by atoms with Gasteiger partial charge in [-0.2, -0.15) is 8.42 Å². The van der Waals surface area contributed by atoms with E-state index in [1.807, 2.05) is 0 Å². The zero-order chi connectivity index (χ0) is 7.82. The van der Waals surface area contributed by atoms with Gasteiger partial charge in [0.1, 0.15) is 6.29 Å². The summed E-state index contributed by atoms with van der Waals surface area (Å²) in [5.74, 6) is 0. The van der Waals surface area contributed by atoms with Gasteiger partial charge >= 0.3 is 0 Å². The van der Waals surface area contributed by atoms with Crippen LogP contribution in [0.5, 0.6) is 0 Å². The van der Waals surface area contributed by atoms with Gasteiger partial charge in [-0.25, -0.2) is 0 Å². The Morgan fingerprint density at radius 1 is 1.10 bits per heavy atom. The van der Waals surface area contributed by atoms with Gasteiger partial charge in [-0.1, -0.05) is 0 Å². The highest BCUT2D eigenvalue weighted by molar-refractivity contribution is 7.71. The summed E-state index contributed by atoms with van der Waals surface area (Å²) in [6.45, 7) is 0. The largest absolute Gasteiger partial charge is 0.303 e. The maximum absolute atomic E-state index is 9.91. The van der Waals surface area contributed by atoms with Crippen LogP contribution >= 0.6 is 0 Å². The molecule has 0 aromatic carbocycles. The second-order valence-corrected chi connectivity index (χ2v) is 2.73. The molecule has 0 fully saturated rings. The number of carbonyl (C=O) groups excluding carboxylic acids is 1. The van der Waals surface area contributed by atoms with Crippen LogP contribution in [0.3, 0.4) is 0 Å². The van der Waals surface area contributed by atoms with Crippen LogP contribution in [0.2, 0.25) is 0 Å². The van der Waals surface area contributed by atoms with Crippen molar-refractivity contribution in [2.45, 2.75) is 25.7 Å². The van der Waals surface area contributed by atoms with E-state index in [0.29, 0.717) is 12.8 Å². The molecule has 0 saturated carbocycles. The standard InChI is InChI=1S/C6H10O3S/c7-5-3-1-2-4-6-10(8)9/h5-6H,1-4H2. The predicted molar refractivity (Wildman–Crippen MR) is 39.5 cm³/mol. The van der Waals surface area contributed by atoms with Crippen molar-refractivity contribution >= 4 is 21.9 Å². The Bertz CT molecular complexity index is 195. The number of unbranched alkanes of at least 4 members (excludes halogenated alkanes) is 3. The van der Waals surface area contributed by atoms with Crippen molar-refractivity contribution in [2.75, 3.05) is 0 Å². The highest BCUT2D eigenvalue weighted by Gasteiger charge is 1.84. The normalized spacial score (nSPS) is 8.80. The minimum atomic E-state index is -2.03. The number of aldehydes is 1. The van der Waals surface area contributed by atoms with Crippen molar-refractivity contribution in [3.8, 4) is 0 Å². The lowest BCUT2D eigenvalue weighted by atomic mass is 10.2. The molecule has 0 saturated heterocycles. The number of rotatable bonds is 5. The van der Waals surface area contributed by atoms with E-state index in [2.05, 4.69) is 0 Å². The summed E-state index contributed by atoms with van der Waals surface area (Å²) in [7, 11) is -2.03. The third-order valence-electron chi connectivity index (χ3n) is 1.03. The number of hydrogen-bond acceptors (Lipinski definition) is 3. The zero-order valence-electron chi connectivity index (χ0n) is 5.62. The summed E-state index contributed by atoms with van der Waals surface area (Å²) in [6, 6.07) is 0. The monoisotopic (exact) mass is 162 g/mol. The molecule has 0 rings (SSSR count). The third kappa shape index (κ3) is 7.36. The predicted octanol–water partition coefficient (Wildman–Crippen LogP) is 0.427. The average molecular weight is 162 g/mol. The first-order valence-corrected chi connectivity index (χ1v) is 4.26. The second kappa shape index (κ2) is 6.48. The van der Waals surface area contributed by atoms with Crippen LogP contribution in [-0.4, -0.2) is 20.1 Å². The van der Waals surface area contributed by atoms with E-state index in [9.17, 15) is 13.2 Å². The first-order valence-electron chi connectivity index (χ1n) is 3.12. The van der Waals surface area contributed by atoms with Gasteiger partial charge in [0, 0.05) is 11.8 Å². The van der Waals surface area contributed by atoms with Crippen molar-refractivity contribution in [1.29, 1.82) is 0 Å². The van der Waals surface area contributed by atoms with Gasteiger partial charge in [0.25, 0.3) is 0 Å². The Morgan fingerprint density at radius 3 is 2.20 bits per heavy atom. The van der Waals surface area contributed by atoms with Crippen molar-refractivity contribution in [2.24, 2.45) is 0 Å². The lowest BCUT2D eigenvalue weighted by molar-refractivity contribution is -0.107. The van der Waals surface area contributed by atoms with E-state index in [1.165, 1.54) is 5.37 Å². The zero-order valence-corrected chi connectivity index (χ0v) is 6.43. The van der Waals surface area contributed by atoms with Crippen LogP contribution in [-0.2, 0) is 15.1 Å². The third-order valence-corrected chi connectivity index (χ3v) is 1.54. The van der Waals surface area contributed by atoms with Crippen LogP contribution in [0.4, 0.5) is 0 Å². The summed E-state index contributed by atoms with van der Waals surface area (Å²) in [4.78, 5) is 9.77. The Kier molecular flexibility index (Phi) is 6.06. The van der Waals surface area contributed by atoms with Crippen LogP contribution in [0.25, 0.3) is 0 Å². The van der Waals surface area contributed by atoms with Crippen molar-refractivity contribution in [1.82, 2.24) is 0 Å². The highest BCUT2D eigenvalue weighted by Crippen LogP contribution is 1.94. The lowest BCUT2D eigenvalue weighted by Gasteiger charge is -1.86. The summed E-state index contributed by atoms with van der Waals surface area (Å²) in [6.07, 6.45) is 3.46. The molecule has 0 heterocycles. The molecule has 0 N–H and O–H groups in total. The van der Waals surface area contributed by atoms with Gasteiger partial charge in [-0.15, -0.1) is 0 Å². The molecule has 0 amide bonds. The van der Waals surface area contributed by atoms with E-state index in [4.69, 9.17) is 0 Å². The molecule has 0 atom stereocenters. The van der Waals surface area contributed by atoms with Crippen molar-refractivity contribution in [3.05, 3.63) is 0 Å². The fourth-order valence-electron chi connectivity index (χ4n) is 0.552. The molecule has 0 aromatic rings. The van der Waals surface area contributed by atoms with E-state index >= 15 is 0 Å². The van der Waals surface area contributed by atoms with E-state index in [-0.39, 0.29) is 0 Å². The van der Waals surface area contributed by atoms with Gasteiger partial charge in [-0.05, 0) is 19.3 Å². The Hall–Kier alpha value is -0.640. The molecule has 0 bridgehead atoms. The average Bonchev–Trinajstić information content (AvgIpc) is 1.87. The van der Waals surface area contributed by atoms with Crippen LogP contribution in [0, 0.1) is 0 Å². The molecule has 3 nitrogen and oxygen atoms in total. The molecule has 0 aliphatic rings. The summed E-state index contributed by atoms with van der Waals surface area (Å²) < 4.78 is 19.8. The van der Waals surface area contributed by atoms with Gasteiger partial charge in [0.2, 0.25) is 10.3 Å². The first kappa shape index (κ1) is 9.36. The van der Waals surface area contributed by atoms with E-state index < -0.39 is 10.3 Å².